The highest BCUT2D eigenvalue weighted by Gasteiger charge is 2.51. The molecule has 0 unspecified atom stereocenters. The van der Waals surface area contributed by atoms with E-state index in [0.29, 0.717) is 17.5 Å². The topological polar surface area (TPSA) is 99.1 Å². The van der Waals surface area contributed by atoms with Crippen LogP contribution >= 0.6 is 0 Å². The Bertz CT molecular complexity index is 877. The lowest BCUT2D eigenvalue weighted by molar-refractivity contribution is -0.131. The molecule has 2 aromatic carbocycles. The van der Waals surface area contributed by atoms with E-state index < -0.39 is 23.4 Å². The third kappa shape index (κ3) is 2.95. The minimum Gasteiger partial charge on any atom is -0.478 e. The molecule has 0 bridgehead atoms. The van der Waals surface area contributed by atoms with Crippen molar-refractivity contribution >= 4 is 24.1 Å². The maximum absolute atomic E-state index is 12.9. The number of carboxylic acids is 1. The van der Waals surface area contributed by atoms with E-state index in [1.165, 1.54) is 18.3 Å². The highest BCUT2D eigenvalue weighted by Crippen LogP contribution is 2.32. The molecule has 1 heterocycles. The zero-order chi connectivity index (χ0) is 18.7. The third-order valence-corrected chi connectivity index (χ3v) is 4.35. The number of aromatic carboxylic acids is 1. The Hall–Kier alpha value is -3.48. The molecule has 132 valence electrons. The number of amides is 3. The maximum Gasteiger partial charge on any atom is 0.346 e. The summed E-state index contributed by atoms with van der Waals surface area (Å²) in [4.78, 5) is 36.0. The van der Waals surface area contributed by atoms with E-state index in [1.54, 1.807) is 24.3 Å². The molecule has 3 rings (SSSR count). The zero-order valence-electron chi connectivity index (χ0n) is 14.0. The van der Waals surface area contributed by atoms with E-state index >= 15 is 0 Å². The molecule has 0 saturated carbocycles. The Morgan fingerprint density at radius 2 is 1.81 bits per heavy atom. The lowest BCUT2D eigenvalue weighted by Crippen LogP contribution is -2.43. The van der Waals surface area contributed by atoms with Crippen molar-refractivity contribution in [2.45, 2.75) is 18.9 Å². The molecular formula is C19H17N3O4. The van der Waals surface area contributed by atoms with Crippen LogP contribution in [0.5, 0.6) is 0 Å². The molecule has 3 amide bonds. The summed E-state index contributed by atoms with van der Waals surface area (Å²) in [5, 5.41) is 16.4. The molecule has 0 aromatic heterocycles. The zero-order valence-corrected chi connectivity index (χ0v) is 14.0. The monoisotopic (exact) mass is 351 g/mol. The van der Waals surface area contributed by atoms with Gasteiger partial charge in [-0.05, 0) is 29.7 Å². The normalized spacial score (nSPS) is 19.8. The highest BCUT2D eigenvalue weighted by atomic mass is 16.4. The second-order valence-electron chi connectivity index (χ2n) is 5.84. The van der Waals surface area contributed by atoms with E-state index in [4.69, 9.17) is 5.11 Å². The highest BCUT2D eigenvalue weighted by molar-refractivity contribution is 6.07. The molecule has 1 fully saturated rings. The molecule has 0 radical (unpaired) electrons. The van der Waals surface area contributed by atoms with Crippen LogP contribution in [0.2, 0.25) is 0 Å². The number of rotatable bonds is 5. The quantitative estimate of drug-likeness (QED) is 0.639. The summed E-state index contributed by atoms with van der Waals surface area (Å²) in [7, 11) is 0. The molecule has 1 saturated heterocycles. The Morgan fingerprint density at radius 1 is 1.15 bits per heavy atom. The second-order valence-corrected chi connectivity index (χ2v) is 5.84. The molecule has 7 heteroatoms. The van der Waals surface area contributed by atoms with Crippen LogP contribution in [0.4, 0.5) is 4.79 Å². The minimum absolute atomic E-state index is 0.145. The van der Waals surface area contributed by atoms with Gasteiger partial charge in [-0.25, -0.2) is 9.59 Å². The van der Waals surface area contributed by atoms with Gasteiger partial charge >= 0.3 is 12.0 Å². The van der Waals surface area contributed by atoms with Crippen LogP contribution in [-0.4, -0.2) is 34.2 Å². The van der Waals surface area contributed by atoms with E-state index in [-0.39, 0.29) is 5.56 Å². The van der Waals surface area contributed by atoms with Crippen LogP contribution < -0.4 is 5.32 Å². The molecule has 26 heavy (non-hydrogen) atoms. The van der Waals surface area contributed by atoms with Crippen molar-refractivity contribution < 1.29 is 19.5 Å². The summed E-state index contributed by atoms with van der Waals surface area (Å²) in [6, 6.07) is 14.4. The first-order valence-electron chi connectivity index (χ1n) is 8.07. The fourth-order valence-corrected chi connectivity index (χ4v) is 2.87. The lowest BCUT2D eigenvalue weighted by Gasteiger charge is -2.24. The van der Waals surface area contributed by atoms with Crippen LogP contribution in [-0.2, 0) is 10.3 Å². The van der Waals surface area contributed by atoms with Crippen LogP contribution in [0.15, 0.2) is 59.7 Å². The van der Waals surface area contributed by atoms with Gasteiger partial charge in [0.2, 0.25) is 0 Å². The number of carbonyl (C=O) groups is 3. The van der Waals surface area contributed by atoms with Crippen molar-refractivity contribution in [1.82, 2.24) is 10.3 Å². The molecular weight excluding hydrogens is 334 g/mol. The van der Waals surface area contributed by atoms with Crippen molar-refractivity contribution in [2.75, 3.05) is 0 Å². The average molecular weight is 351 g/mol. The Morgan fingerprint density at radius 3 is 2.38 bits per heavy atom. The number of urea groups is 1. The average Bonchev–Trinajstić information content (AvgIpc) is 2.91. The van der Waals surface area contributed by atoms with E-state index in [2.05, 4.69) is 10.4 Å². The number of hydrogen-bond donors (Lipinski definition) is 2. The van der Waals surface area contributed by atoms with E-state index in [0.717, 1.165) is 5.01 Å². The second kappa shape index (κ2) is 6.79. The minimum atomic E-state index is -1.14. The van der Waals surface area contributed by atoms with Gasteiger partial charge < -0.3 is 10.4 Å². The van der Waals surface area contributed by atoms with Crippen LogP contribution in [0.25, 0.3) is 0 Å². The van der Waals surface area contributed by atoms with Gasteiger partial charge in [0, 0.05) is 0 Å². The molecule has 0 aliphatic carbocycles. The van der Waals surface area contributed by atoms with Crippen molar-refractivity contribution in [2.24, 2.45) is 5.10 Å². The van der Waals surface area contributed by atoms with Gasteiger partial charge in [0.1, 0.15) is 5.54 Å². The summed E-state index contributed by atoms with van der Waals surface area (Å²) >= 11 is 0. The smallest absolute Gasteiger partial charge is 0.346 e. The molecule has 0 spiro atoms. The van der Waals surface area contributed by atoms with Crippen molar-refractivity contribution in [3.63, 3.8) is 0 Å². The number of nitrogens with zero attached hydrogens (tertiary/aromatic N) is 2. The van der Waals surface area contributed by atoms with Gasteiger partial charge in [-0.15, -0.1) is 5.01 Å². The van der Waals surface area contributed by atoms with Crippen molar-refractivity contribution in [3.05, 3.63) is 71.3 Å². The first-order chi connectivity index (χ1) is 12.5. The lowest BCUT2D eigenvalue weighted by atomic mass is 9.87. The predicted octanol–water partition coefficient (Wildman–Crippen LogP) is 2.58. The largest absolute Gasteiger partial charge is 0.478 e. The SMILES string of the molecule is CC[C@@]1(c2ccccc2)NC(=O)N(/N=C\c2ccc(C(=O)O)cc2)C1=O. The van der Waals surface area contributed by atoms with Crippen molar-refractivity contribution in [3.8, 4) is 0 Å². The summed E-state index contributed by atoms with van der Waals surface area (Å²) in [6.45, 7) is 1.82. The molecule has 1 aliphatic rings. The van der Waals surface area contributed by atoms with Crippen LogP contribution in [0.3, 0.4) is 0 Å². The number of hydrogen-bond acceptors (Lipinski definition) is 4. The molecule has 1 atom stereocenters. The number of benzene rings is 2. The summed E-state index contributed by atoms with van der Waals surface area (Å²) in [5.74, 6) is -1.48. The number of carboxylic acid groups (broad SMARTS) is 1. The van der Waals surface area contributed by atoms with Crippen LogP contribution in [0.1, 0.15) is 34.8 Å². The van der Waals surface area contributed by atoms with E-state index in [1.807, 2.05) is 25.1 Å². The fourth-order valence-electron chi connectivity index (χ4n) is 2.87. The Kier molecular flexibility index (Phi) is 4.53. The number of nitrogens with one attached hydrogen (secondary N) is 1. The maximum atomic E-state index is 12.9. The van der Waals surface area contributed by atoms with Crippen LogP contribution in [0, 0.1) is 0 Å². The number of carbonyl (C=O) groups excluding carboxylic acids is 2. The van der Waals surface area contributed by atoms with Gasteiger partial charge in [0.25, 0.3) is 5.91 Å². The van der Waals surface area contributed by atoms with Gasteiger partial charge in [-0.2, -0.15) is 5.10 Å². The molecule has 1 aliphatic heterocycles. The third-order valence-electron chi connectivity index (χ3n) is 4.35. The van der Waals surface area contributed by atoms with Gasteiger partial charge in [-0.3, -0.25) is 4.79 Å². The molecule has 7 nitrogen and oxygen atoms in total. The van der Waals surface area contributed by atoms with E-state index in [9.17, 15) is 14.4 Å². The summed E-state index contributed by atoms with van der Waals surface area (Å²) in [5.41, 5.74) is 0.281. The standard InChI is InChI=1S/C19H17N3O4/c1-2-19(15-6-4-3-5-7-15)17(25)22(18(26)21-19)20-12-13-8-10-14(11-9-13)16(23)24/h3-12H,2H2,1H3,(H,21,26)(H,23,24)/b20-12-/t19-/m0/s1. The number of hydrazone groups is 1. The Labute approximate surface area is 149 Å². The first kappa shape index (κ1) is 17.3. The van der Waals surface area contributed by atoms with Gasteiger partial charge in [0.15, 0.2) is 0 Å². The Balaban J connectivity index is 1.86. The summed E-state index contributed by atoms with van der Waals surface area (Å²) in [6.07, 6.45) is 1.74. The van der Waals surface area contributed by atoms with Gasteiger partial charge in [-0.1, -0.05) is 49.4 Å². The summed E-state index contributed by atoms with van der Waals surface area (Å²) < 4.78 is 0. The molecule has 2 aromatic rings. The molecule has 2 N–H and O–H groups in total. The predicted molar refractivity (Wildman–Crippen MR) is 94.8 cm³/mol. The fraction of sp³-hybridized carbons (Fsp3) is 0.158. The first-order valence-corrected chi connectivity index (χ1v) is 8.07. The van der Waals surface area contributed by atoms with Gasteiger partial charge in [0.05, 0.1) is 11.8 Å². The van der Waals surface area contributed by atoms with Crippen molar-refractivity contribution in [1.29, 1.82) is 0 Å². The number of imide groups is 1.